The van der Waals surface area contributed by atoms with Crippen LogP contribution in [0.15, 0.2) is 29.6 Å². The number of thiazole rings is 1. The number of aryl methyl sites for hydroxylation is 1. The average molecular weight is 360 g/mol. The number of aromatic nitrogens is 1. The quantitative estimate of drug-likeness (QED) is 0.860. The van der Waals surface area contributed by atoms with Crippen LogP contribution < -0.4 is 5.32 Å². The second kappa shape index (κ2) is 8.08. The summed E-state index contributed by atoms with van der Waals surface area (Å²) in [7, 11) is 1.58. The summed E-state index contributed by atoms with van der Waals surface area (Å²) in [5, 5.41) is 15.8. The SMILES string of the molecule is CO[C@@H]1C[C@H](C(=O)NCc2csc(-c3cccc(C)c3)n2)CC[C@@H]1O. The van der Waals surface area contributed by atoms with Gasteiger partial charge in [-0.25, -0.2) is 4.98 Å². The number of nitrogens with zero attached hydrogens (tertiary/aromatic N) is 1. The summed E-state index contributed by atoms with van der Waals surface area (Å²) >= 11 is 1.59. The lowest BCUT2D eigenvalue weighted by atomic mass is 9.84. The molecule has 6 heteroatoms. The molecule has 2 aromatic rings. The van der Waals surface area contributed by atoms with Crippen molar-refractivity contribution >= 4 is 17.2 Å². The number of amides is 1. The minimum atomic E-state index is -0.468. The Morgan fingerprint density at radius 2 is 2.28 bits per heavy atom. The summed E-state index contributed by atoms with van der Waals surface area (Å²) in [5.74, 6) is -0.0951. The molecule has 1 amide bonds. The van der Waals surface area contributed by atoms with E-state index < -0.39 is 6.10 Å². The van der Waals surface area contributed by atoms with E-state index in [0.29, 0.717) is 25.8 Å². The highest BCUT2D eigenvalue weighted by Gasteiger charge is 2.32. The third kappa shape index (κ3) is 4.45. The second-order valence-electron chi connectivity index (χ2n) is 6.58. The number of benzene rings is 1. The number of hydrogen-bond acceptors (Lipinski definition) is 5. The van der Waals surface area contributed by atoms with Gasteiger partial charge in [0.2, 0.25) is 5.91 Å². The van der Waals surface area contributed by atoms with Crippen molar-refractivity contribution in [3.63, 3.8) is 0 Å². The third-order valence-corrected chi connectivity index (χ3v) is 5.63. The van der Waals surface area contributed by atoms with Crippen LogP contribution in [0.4, 0.5) is 0 Å². The van der Waals surface area contributed by atoms with Gasteiger partial charge in [0.05, 0.1) is 24.4 Å². The van der Waals surface area contributed by atoms with Crippen molar-refractivity contribution in [1.29, 1.82) is 0 Å². The number of nitrogens with one attached hydrogen (secondary N) is 1. The highest BCUT2D eigenvalue weighted by molar-refractivity contribution is 7.13. The van der Waals surface area contributed by atoms with Crippen molar-refractivity contribution in [2.75, 3.05) is 7.11 Å². The fraction of sp³-hybridized carbons (Fsp3) is 0.474. The largest absolute Gasteiger partial charge is 0.390 e. The van der Waals surface area contributed by atoms with Crippen LogP contribution in [0.25, 0.3) is 10.6 Å². The van der Waals surface area contributed by atoms with E-state index in [-0.39, 0.29) is 17.9 Å². The van der Waals surface area contributed by atoms with Crippen molar-refractivity contribution in [3.8, 4) is 10.6 Å². The number of hydrogen-bond donors (Lipinski definition) is 2. The summed E-state index contributed by atoms with van der Waals surface area (Å²) in [4.78, 5) is 17.0. The first-order chi connectivity index (χ1) is 12.1. The van der Waals surface area contributed by atoms with Gasteiger partial charge in [0.25, 0.3) is 0 Å². The van der Waals surface area contributed by atoms with E-state index >= 15 is 0 Å². The molecule has 25 heavy (non-hydrogen) atoms. The van der Waals surface area contributed by atoms with E-state index in [2.05, 4.69) is 29.4 Å². The number of carbonyl (C=O) groups is 1. The first-order valence-corrected chi connectivity index (χ1v) is 9.45. The lowest BCUT2D eigenvalue weighted by Gasteiger charge is -2.31. The molecule has 2 N–H and O–H groups in total. The van der Waals surface area contributed by atoms with Crippen LogP contribution in [0.5, 0.6) is 0 Å². The van der Waals surface area contributed by atoms with Gasteiger partial charge in [-0.2, -0.15) is 0 Å². The van der Waals surface area contributed by atoms with Gasteiger partial charge in [0.1, 0.15) is 5.01 Å². The van der Waals surface area contributed by atoms with E-state index in [1.54, 1.807) is 18.4 Å². The number of rotatable bonds is 5. The van der Waals surface area contributed by atoms with E-state index in [9.17, 15) is 9.90 Å². The van der Waals surface area contributed by atoms with Crippen molar-refractivity contribution in [2.24, 2.45) is 5.92 Å². The summed E-state index contributed by atoms with van der Waals surface area (Å²) in [6.07, 6.45) is 1.14. The molecule has 0 saturated heterocycles. The normalized spacial score (nSPS) is 23.4. The van der Waals surface area contributed by atoms with Gasteiger partial charge < -0.3 is 15.2 Å². The molecule has 0 bridgehead atoms. The van der Waals surface area contributed by atoms with Crippen LogP contribution >= 0.6 is 11.3 Å². The molecule has 3 rings (SSSR count). The first-order valence-electron chi connectivity index (χ1n) is 8.57. The first kappa shape index (κ1) is 18.0. The third-order valence-electron chi connectivity index (χ3n) is 4.69. The zero-order valence-electron chi connectivity index (χ0n) is 14.6. The lowest BCUT2D eigenvalue weighted by Crippen LogP contribution is -2.41. The summed E-state index contributed by atoms with van der Waals surface area (Å²) < 4.78 is 5.27. The topological polar surface area (TPSA) is 71.5 Å². The standard InChI is InChI=1S/C19H24N2O3S/c1-12-4-3-5-14(8-12)19-21-15(11-25-19)10-20-18(23)13-6-7-16(22)17(9-13)24-2/h3-5,8,11,13,16-17,22H,6-7,9-10H2,1-2H3,(H,20,23)/t13-,16+,17-/m1/s1. The number of carbonyl (C=O) groups excluding carboxylic acids is 1. The summed E-state index contributed by atoms with van der Waals surface area (Å²) in [5.41, 5.74) is 3.18. The Morgan fingerprint density at radius 3 is 3.04 bits per heavy atom. The molecule has 0 aliphatic heterocycles. The zero-order chi connectivity index (χ0) is 17.8. The Morgan fingerprint density at radius 1 is 1.44 bits per heavy atom. The average Bonchev–Trinajstić information content (AvgIpc) is 3.09. The Hall–Kier alpha value is -1.76. The molecule has 5 nitrogen and oxygen atoms in total. The van der Waals surface area contributed by atoms with Crippen molar-refractivity contribution in [1.82, 2.24) is 10.3 Å². The molecule has 1 heterocycles. The molecule has 0 radical (unpaired) electrons. The van der Waals surface area contributed by atoms with Crippen molar-refractivity contribution in [3.05, 3.63) is 40.9 Å². The Labute approximate surface area is 152 Å². The van der Waals surface area contributed by atoms with Crippen LogP contribution in [-0.2, 0) is 16.1 Å². The summed E-state index contributed by atoms with van der Waals surface area (Å²) in [6.45, 7) is 2.49. The molecular formula is C19H24N2O3S. The Bertz CT molecular complexity index is 731. The highest BCUT2D eigenvalue weighted by Crippen LogP contribution is 2.27. The van der Waals surface area contributed by atoms with Gasteiger partial charge in [0.15, 0.2) is 0 Å². The van der Waals surface area contributed by atoms with Crippen molar-refractivity contribution in [2.45, 2.75) is 44.9 Å². The molecule has 1 saturated carbocycles. The van der Waals surface area contributed by atoms with Crippen LogP contribution in [0, 0.1) is 12.8 Å². The molecule has 1 aliphatic rings. The fourth-order valence-electron chi connectivity index (χ4n) is 3.23. The minimum absolute atomic E-state index is 0.0130. The molecule has 1 aromatic heterocycles. The highest BCUT2D eigenvalue weighted by atomic mass is 32.1. The van der Waals surface area contributed by atoms with Crippen molar-refractivity contribution < 1.29 is 14.6 Å². The molecule has 1 aromatic carbocycles. The maximum Gasteiger partial charge on any atom is 0.223 e. The number of aliphatic hydroxyl groups is 1. The number of aliphatic hydroxyl groups excluding tert-OH is 1. The van der Waals surface area contributed by atoms with E-state index in [0.717, 1.165) is 16.3 Å². The van der Waals surface area contributed by atoms with Gasteiger partial charge >= 0.3 is 0 Å². The second-order valence-corrected chi connectivity index (χ2v) is 7.44. The van der Waals surface area contributed by atoms with Crippen LogP contribution in [-0.4, -0.2) is 35.3 Å². The van der Waals surface area contributed by atoms with Gasteiger partial charge in [-0.1, -0.05) is 23.8 Å². The molecule has 0 unspecified atom stereocenters. The smallest absolute Gasteiger partial charge is 0.223 e. The molecule has 3 atom stereocenters. The molecule has 0 spiro atoms. The maximum absolute atomic E-state index is 12.4. The molecule has 1 fully saturated rings. The zero-order valence-corrected chi connectivity index (χ0v) is 15.4. The Kier molecular flexibility index (Phi) is 5.83. The maximum atomic E-state index is 12.4. The van der Waals surface area contributed by atoms with Gasteiger partial charge in [-0.15, -0.1) is 11.3 Å². The Balaban J connectivity index is 1.56. The van der Waals surface area contributed by atoms with E-state index in [4.69, 9.17) is 4.74 Å². The van der Waals surface area contributed by atoms with E-state index in [1.165, 1.54) is 5.56 Å². The predicted molar refractivity (Wildman–Crippen MR) is 98.3 cm³/mol. The van der Waals surface area contributed by atoms with Crippen LogP contribution in [0.3, 0.4) is 0 Å². The van der Waals surface area contributed by atoms with Gasteiger partial charge in [-0.3, -0.25) is 4.79 Å². The molecular weight excluding hydrogens is 336 g/mol. The number of methoxy groups -OCH3 is 1. The summed E-state index contributed by atoms with van der Waals surface area (Å²) in [6, 6.07) is 8.25. The predicted octanol–water partition coefficient (Wildman–Crippen LogP) is 2.91. The number of ether oxygens (including phenoxy) is 1. The fourth-order valence-corrected chi connectivity index (χ4v) is 4.04. The molecule has 134 valence electrons. The van der Waals surface area contributed by atoms with E-state index in [1.807, 2.05) is 17.5 Å². The minimum Gasteiger partial charge on any atom is -0.390 e. The van der Waals surface area contributed by atoms with Gasteiger partial charge in [-0.05, 0) is 32.3 Å². The van der Waals surface area contributed by atoms with Crippen LogP contribution in [0.2, 0.25) is 0 Å². The molecule has 1 aliphatic carbocycles. The lowest BCUT2D eigenvalue weighted by molar-refractivity contribution is -0.130. The van der Waals surface area contributed by atoms with Gasteiger partial charge in [0, 0.05) is 24.0 Å². The van der Waals surface area contributed by atoms with Crippen LogP contribution in [0.1, 0.15) is 30.5 Å². The monoisotopic (exact) mass is 360 g/mol.